The number of hydrogen-bond acceptors (Lipinski definition) is 8. The Bertz CT molecular complexity index is 938. The smallest absolute Gasteiger partial charge is 0.433 e. The van der Waals surface area contributed by atoms with E-state index in [2.05, 4.69) is 33.8 Å². The molecule has 141 valence electrons. The van der Waals surface area contributed by atoms with E-state index >= 15 is 0 Å². The van der Waals surface area contributed by atoms with Gasteiger partial charge in [0.25, 0.3) is 0 Å². The van der Waals surface area contributed by atoms with Crippen LogP contribution in [0.1, 0.15) is 25.2 Å². The van der Waals surface area contributed by atoms with Crippen LogP contribution >= 0.6 is 46.2 Å². The Morgan fingerprint density at radius 2 is 1.33 bits per heavy atom. The van der Waals surface area contributed by atoms with Crippen LogP contribution in [0.3, 0.4) is 0 Å². The zero-order chi connectivity index (χ0) is 17.7. The van der Waals surface area contributed by atoms with Crippen molar-refractivity contribution < 1.29 is 17.1 Å². The van der Waals surface area contributed by atoms with Gasteiger partial charge in [-0.2, -0.15) is 0 Å². The molecule has 0 unspecified atom stereocenters. The first-order valence-corrected chi connectivity index (χ1v) is 11.3. The molecule has 11 heteroatoms. The van der Waals surface area contributed by atoms with Gasteiger partial charge in [-0.25, -0.2) is 9.97 Å². The molecule has 0 aliphatic carbocycles. The van der Waals surface area contributed by atoms with Crippen LogP contribution in [0, 0.1) is 5.41 Å². The van der Waals surface area contributed by atoms with Gasteiger partial charge in [0, 0.05) is 22.6 Å². The Morgan fingerprint density at radius 3 is 1.81 bits per heavy atom. The van der Waals surface area contributed by atoms with Gasteiger partial charge in [-0.1, -0.05) is 13.8 Å². The molecule has 0 saturated carbocycles. The van der Waals surface area contributed by atoms with E-state index in [0.717, 1.165) is 43.4 Å². The van der Waals surface area contributed by atoms with Crippen molar-refractivity contribution in [2.24, 2.45) is 15.4 Å². The molecule has 0 fully saturated rings. The quantitative estimate of drug-likeness (QED) is 0.426. The van der Waals surface area contributed by atoms with Crippen molar-refractivity contribution in [2.45, 2.75) is 20.3 Å². The molecule has 5 rings (SSSR count). The van der Waals surface area contributed by atoms with E-state index < -0.39 is 0 Å². The van der Waals surface area contributed by atoms with Crippen LogP contribution in [0.15, 0.2) is 43.0 Å². The number of nitrogens with zero attached hydrogens (tertiary/aromatic N) is 6. The molecule has 0 amide bonds. The number of aromatic nitrogens is 2. The van der Waals surface area contributed by atoms with Gasteiger partial charge in [0.15, 0.2) is 0 Å². The fourth-order valence-corrected chi connectivity index (χ4v) is 5.74. The Hall–Kier alpha value is -1.10. The van der Waals surface area contributed by atoms with E-state index in [1.54, 1.807) is 0 Å². The molecule has 0 atom stereocenters. The van der Waals surface area contributed by atoms with Crippen LogP contribution in [0.2, 0.25) is 0 Å². The summed E-state index contributed by atoms with van der Waals surface area (Å²) in [7, 11) is 0. The van der Waals surface area contributed by atoms with Crippen molar-refractivity contribution in [3.8, 4) is 0 Å². The molecule has 2 aromatic heterocycles. The number of fused-ring (bicyclic) bond motifs is 8. The molecule has 8 bridgehead atoms. The first kappa shape index (κ1) is 19.2. The molecule has 5 heterocycles. The molecule has 0 N–H and O–H groups in total. The van der Waals surface area contributed by atoms with Gasteiger partial charge in [-0.15, -0.1) is 46.2 Å². The molecular formula is C16H12CuN6S4. The van der Waals surface area contributed by atoms with E-state index in [9.17, 15) is 0 Å². The Kier molecular flexibility index (Phi) is 5.26. The van der Waals surface area contributed by atoms with Crippen molar-refractivity contribution in [2.75, 3.05) is 0 Å². The number of rotatable bonds is 0. The van der Waals surface area contributed by atoms with E-state index in [4.69, 9.17) is 10.6 Å². The van der Waals surface area contributed by atoms with Gasteiger partial charge in [-0.3, -0.25) is 0 Å². The maximum absolute atomic E-state index is 4.71. The summed E-state index contributed by atoms with van der Waals surface area (Å²) in [4.78, 5) is 18.4. The van der Waals surface area contributed by atoms with Crippen LogP contribution < -0.4 is 0 Å². The summed E-state index contributed by atoms with van der Waals surface area (Å²) in [6, 6.07) is 0. The predicted molar refractivity (Wildman–Crippen MR) is 113 cm³/mol. The number of thioether (sulfide) groups is 2. The summed E-state index contributed by atoms with van der Waals surface area (Å²) < 4.78 is 0. The molecule has 0 spiro atoms. The van der Waals surface area contributed by atoms with Crippen LogP contribution in [0.4, 0.5) is 10.3 Å². The number of amidine groups is 2. The summed E-state index contributed by atoms with van der Waals surface area (Å²) in [6.45, 7) is 4.24. The normalized spacial score (nSPS) is 19.8. The van der Waals surface area contributed by atoms with E-state index in [1.807, 2.05) is 21.6 Å². The Morgan fingerprint density at radius 1 is 0.852 bits per heavy atom. The number of aliphatic imine (C=N–C) groups is 2. The molecule has 27 heavy (non-hydrogen) atoms. The molecule has 2 aromatic rings. The van der Waals surface area contributed by atoms with Gasteiger partial charge in [0.2, 0.25) is 0 Å². The van der Waals surface area contributed by atoms with Crippen LogP contribution in [0.5, 0.6) is 0 Å². The minimum Gasteiger partial charge on any atom is -0.433 e. The predicted octanol–water partition coefficient (Wildman–Crippen LogP) is 6.13. The summed E-state index contributed by atoms with van der Waals surface area (Å²) in [5.41, 5.74) is 3.53. The fourth-order valence-electron chi connectivity index (χ4n) is 2.54. The third-order valence-corrected chi connectivity index (χ3v) is 7.12. The third kappa shape index (κ3) is 3.76. The van der Waals surface area contributed by atoms with Gasteiger partial charge in [0.1, 0.15) is 10.3 Å². The summed E-state index contributed by atoms with van der Waals surface area (Å²) >= 11 is 6.11. The maximum Gasteiger partial charge on any atom is 2.00 e. The molecule has 0 saturated heterocycles. The van der Waals surface area contributed by atoms with Crippen molar-refractivity contribution in [1.29, 1.82) is 0 Å². The summed E-state index contributed by atoms with van der Waals surface area (Å²) in [5.74, 6) is 0. The monoisotopic (exact) mass is 479 g/mol. The van der Waals surface area contributed by atoms with Crippen LogP contribution in [0.25, 0.3) is 10.6 Å². The molecule has 1 radical (unpaired) electrons. The van der Waals surface area contributed by atoms with Gasteiger partial charge in [0.05, 0.1) is 11.4 Å². The van der Waals surface area contributed by atoms with E-state index in [0.29, 0.717) is 6.42 Å². The number of hydrogen-bond donors (Lipinski definition) is 0. The van der Waals surface area contributed by atoms with E-state index in [1.165, 1.54) is 46.2 Å². The second-order valence-corrected chi connectivity index (χ2v) is 9.65. The van der Waals surface area contributed by atoms with Crippen molar-refractivity contribution in [3.63, 3.8) is 0 Å². The van der Waals surface area contributed by atoms with Crippen molar-refractivity contribution in [3.05, 3.63) is 55.0 Å². The largest absolute Gasteiger partial charge is 2.00 e. The van der Waals surface area contributed by atoms with Gasteiger partial charge in [-0.05, 0) is 32.5 Å². The van der Waals surface area contributed by atoms with Crippen molar-refractivity contribution in [1.82, 2.24) is 9.97 Å². The van der Waals surface area contributed by atoms with Gasteiger partial charge >= 0.3 is 17.1 Å². The van der Waals surface area contributed by atoms with Crippen LogP contribution in [-0.4, -0.2) is 20.3 Å². The second kappa shape index (κ2) is 7.38. The molecule has 3 aliphatic rings. The third-order valence-electron chi connectivity index (χ3n) is 4.09. The van der Waals surface area contributed by atoms with Gasteiger partial charge < -0.3 is 20.6 Å². The number of thiazole rings is 2. The zero-order valence-electron chi connectivity index (χ0n) is 14.1. The minimum atomic E-state index is -0.312. The Labute approximate surface area is 183 Å². The molecular weight excluding hydrogens is 468 g/mol. The SMILES string of the molecule is CC1(C)C2=CSC(=Nc3nc(cs3)Cc3csc(n3)N=C3[N-]C1=CS3)[N-]2.[Cu+2]. The Balaban J connectivity index is 0.00000180. The first-order valence-electron chi connectivity index (χ1n) is 7.80. The minimum absolute atomic E-state index is 0. The first-order chi connectivity index (χ1) is 12.6. The summed E-state index contributed by atoms with van der Waals surface area (Å²) in [5, 5.41) is 20.5. The average molecular weight is 480 g/mol. The average Bonchev–Trinajstić information content (AvgIpc) is 3.37. The van der Waals surface area contributed by atoms with E-state index in [-0.39, 0.29) is 22.5 Å². The zero-order valence-corrected chi connectivity index (χ0v) is 18.3. The molecule has 6 nitrogen and oxygen atoms in total. The van der Waals surface area contributed by atoms with Crippen LogP contribution in [-0.2, 0) is 23.5 Å². The second-order valence-electron chi connectivity index (χ2n) is 6.30. The summed E-state index contributed by atoms with van der Waals surface area (Å²) in [6.07, 6.45) is 0.678. The fraction of sp³-hybridized carbons (Fsp3) is 0.250. The maximum atomic E-state index is 4.71. The van der Waals surface area contributed by atoms with Crippen molar-refractivity contribution >= 4 is 66.8 Å². The molecule has 0 aromatic carbocycles. The standard InChI is InChI=1S/C16H12N6S4.Cu/c1-16(2)10-6-25-14(19-10)21-12-17-8(4-23-12)3-9-5-24-13(18-9)22-15-20-11(16)7-26-15;/h4-7H,3H2,1-2H3;/q-2;+2. The topological polar surface area (TPSA) is 78.7 Å². The molecule has 3 aliphatic heterocycles.